The number of hydrogen-bond donors (Lipinski definition) is 1. The highest BCUT2D eigenvalue weighted by Gasteiger charge is 2.11. The maximum absolute atomic E-state index is 11.3. The van der Waals surface area contributed by atoms with Gasteiger partial charge in [0.1, 0.15) is 20.2 Å². The molecule has 0 spiro atoms. The first-order valence-electron chi connectivity index (χ1n) is 7.16. The van der Waals surface area contributed by atoms with E-state index in [1.807, 2.05) is 30.3 Å². The minimum atomic E-state index is -4.92. The maximum Gasteiger partial charge on any atom is 0.180 e. The molecule has 0 atom stereocenters. The number of rotatable bonds is 6. The molecule has 2 aromatic carbocycles. The third-order valence-electron chi connectivity index (χ3n) is 3.12. The topological polar surface area (TPSA) is 165 Å². The van der Waals surface area contributed by atoms with E-state index in [0.717, 1.165) is 30.0 Å². The minimum Gasteiger partial charge on any atom is -0.744 e. The molecule has 0 amide bonds. The Morgan fingerprint density at radius 3 is 2.30 bits per heavy atom. The summed E-state index contributed by atoms with van der Waals surface area (Å²) in [4.78, 5) is -1.43. The van der Waals surface area contributed by atoms with Gasteiger partial charge in [0, 0.05) is 11.3 Å². The molecular weight excluding hydrogens is 414 g/mol. The van der Waals surface area contributed by atoms with Gasteiger partial charge in [0.25, 0.3) is 0 Å². The molecule has 0 aliphatic heterocycles. The average Bonchev–Trinajstić information content (AvgIpc) is 2.59. The molecular formula is C15H13N3O6S3-2. The summed E-state index contributed by atoms with van der Waals surface area (Å²) in [6, 6.07) is 11.6. The van der Waals surface area contributed by atoms with Crippen molar-refractivity contribution in [2.24, 2.45) is 15.9 Å². The third kappa shape index (κ3) is 6.45. The molecule has 0 unspecified atom stereocenters. The molecule has 0 saturated carbocycles. The van der Waals surface area contributed by atoms with Gasteiger partial charge >= 0.3 is 0 Å². The van der Waals surface area contributed by atoms with Crippen LogP contribution in [0.25, 0.3) is 0 Å². The quantitative estimate of drug-likeness (QED) is 0.309. The number of nitrogens with two attached hydrogens (primary N) is 1. The molecule has 12 heteroatoms. The zero-order valence-corrected chi connectivity index (χ0v) is 16.0. The monoisotopic (exact) mass is 427 g/mol. The highest BCUT2D eigenvalue weighted by molar-refractivity contribution is 8.13. The summed E-state index contributed by atoms with van der Waals surface area (Å²) < 4.78 is 67.0. The van der Waals surface area contributed by atoms with Gasteiger partial charge in [-0.3, -0.25) is 0 Å². The first kappa shape index (κ1) is 21.1. The van der Waals surface area contributed by atoms with E-state index in [4.69, 9.17) is 5.73 Å². The first-order chi connectivity index (χ1) is 12.6. The SMILES string of the molecule is NC(=NN=Cc1cc(S(=O)(=O)[O-])ccc1S(=O)(=O)[O-])SCc1ccccc1. The van der Waals surface area contributed by atoms with Crippen LogP contribution < -0.4 is 5.73 Å². The van der Waals surface area contributed by atoms with Crippen LogP contribution in [0.4, 0.5) is 0 Å². The normalized spacial score (nSPS) is 13.2. The molecule has 2 aromatic rings. The second-order valence-corrected chi connectivity index (χ2v) is 8.79. The summed E-state index contributed by atoms with van der Waals surface area (Å²) in [6.07, 6.45) is 0.843. The van der Waals surface area contributed by atoms with Crippen LogP contribution in [0, 0.1) is 0 Å². The lowest BCUT2D eigenvalue weighted by atomic mass is 10.2. The first-order valence-corrected chi connectivity index (χ1v) is 11.0. The van der Waals surface area contributed by atoms with Gasteiger partial charge in [-0.05, 0) is 23.8 Å². The van der Waals surface area contributed by atoms with Crippen molar-refractivity contribution in [2.75, 3.05) is 0 Å². The van der Waals surface area contributed by atoms with E-state index in [1.165, 1.54) is 11.8 Å². The Morgan fingerprint density at radius 1 is 1.04 bits per heavy atom. The van der Waals surface area contributed by atoms with Crippen molar-refractivity contribution in [3.05, 3.63) is 59.7 Å². The summed E-state index contributed by atoms with van der Waals surface area (Å²) in [7, 11) is -9.76. The van der Waals surface area contributed by atoms with E-state index >= 15 is 0 Å². The molecule has 0 aromatic heterocycles. The lowest BCUT2D eigenvalue weighted by Crippen LogP contribution is -2.07. The van der Waals surface area contributed by atoms with Crippen molar-refractivity contribution in [1.82, 2.24) is 0 Å². The van der Waals surface area contributed by atoms with Crippen molar-refractivity contribution < 1.29 is 25.9 Å². The summed E-state index contributed by atoms with van der Waals surface area (Å²) in [5.74, 6) is 0.524. The maximum atomic E-state index is 11.3. The van der Waals surface area contributed by atoms with Gasteiger partial charge in [-0.1, -0.05) is 42.1 Å². The van der Waals surface area contributed by atoms with Gasteiger partial charge in [-0.2, -0.15) is 5.10 Å². The van der Waals surface area contributed by atoms with Crippen LogP contribution in [0.3, 0.4) is 0 Å². The predicted octanol–water partition coefficient (Wildman–Crippen LogP) is 1.08. The van der Waals surface area contributed by atoms with Gasteiger partial charge in [-0.25, -0.2) is 16.8 Å². The third-order valence-corrected chi connectivity index (χ3v) is 5.72. The van der Waals surface area contributed by atoms with Crippen LogP contribution in [0.2, 0.25) is 0 Å². The van der Waals surface area contributed by atoms with Crippen LogP contribution in [-0.4, -0.2) is 37.3 Å². The number of nitrogens with zero attached hydrogens (tertiary/aromatic N) is 2. The fourth-order valence-corrected chi connectivity index (χ4v) is 3.67. The van der Waals surface area contributed by atoms with E-state index < -0.39 is 30.0 Å². The predicted molar refractivity (Wildman–Crippen MR) is 99.3 cm³/mol. The Bertz CT molecular complexity index is 1080. The summed E-state index contributed by atoms with van der Waals surface area (Å²) in [6.45, 7) is 0. The second kappa shape index (κ2) is 8.63. The highest BCUT2D eigenvalue weighted by Crippen LogP contribution is 2.19. The molecule has 0 heterocycles. The van der Waals surface area contributed by atoms with Crippen LogP contribution in [-0.2, 0) is 26.0 Å². The average molecular weight is 427 g/mol. The van der Waals surface area contributed by atoms with Gasteiger partial charge in [0.2, 0.25) is 0 Å². The Balaban J connectivity index is 2.23. The van der Waals surface area contributed by atoms with Crippen molar-refractivity contribution in [3.8, 4) is 0 Å². The Hall–Kier alpha value is -2.25. The van der Waals surface area contributed by atoms with Crippen LogP contribution in [0.5, 0.6) is 0 Å². The van der Waals surface area contributed by atoms with E-state index in [2.05, 4.69) is 10.2 Å². The summed E-state index contributed by atoms with van der Waals surface area (Å²) in [5.41, 5.74) is 6.30. The lowest BCUT2D eigenvalue weighted by molar-refractivity contribution is 0.458. The molecule has 144 valence electrons. The summed E-state index contributed by atoms with van der Waals surface area (Å²) in [5, 5.41) is 7.28. The van der Waals surface area contributed by atoms with Crippen LogP contribution in [0.15, 0.2) is 68.5 Å². The molecule has 2 N–H and O–H groups in total. The Morgan fingerprint density at radius 2 is 1.70 bits per heavy atom. The summed E-state index contributed by atoms with van der Waals surface area (Å²) >= 11 is 1.17. The highest BCUT2D eigenvalue weighted by atomic mass is 32.2. The van der Waals surface area contributed by atoms with Crippen molar-refractivity contribution in [2.45, 2.75) is 15.5 Å². The molecule has 0 fully saturated rings. The van der Waals surface area contributed by atoms with E-state index in [1.54, 1.807) is 0 Å². The standard InChI is InChI=1S/C15H15N3O6S3/c16-15(25-10-11-4-2-1-3-5-11)18-17-9-12-8-13(26(19,20)21)6-7-14(12)27(22,23)24/h1-9H,10H2,(H2,16,18)(H,19,20,21)(H,22,23,24)/p-2. The largest absolute Gasteiger partial charge is 0.744 e. The van der Waals surface area contributed by atoms with Crippen LogP contribution in [0.1, 0.15) is 11.1 Å². The van der Waals surface area contributed by atoms with Crippen LogP contribution >= 0.6 is 11.8 Å². The van der Waals surface area contributed by atoms with Gasteiger partial charge < -0.3 is 14.8 Å². The molecule has 2 rings (SSSR count). The number of amidine groups is 1. The molecule has 0 saturated heterocycles. The van der Waals surface area contributed by atoms with E-state index in [0.29, 0.717) is 5.75 Å². The second-order valence-electron chi connectivity index (χ2n) is 5.06. The van der Waals surface area contributed by atoms with Crippen molar-refractivity contribution >= 4 is 43.4 Å². The number of benzene rings is 2. The van der Waals surface area contributed by atoms with Gasteiger partial charge in [0.15, 0.2) is 5.17 Å². The fraction of sp³-hybridized carbons (Fsp3) is 0.0667. The molecule has 27 heavy (non-hydrogen) atoms. The fourth-order valence-electron chi connectivity index (χ4n) is 1.92. The molecule has 0 bridgehead atoms. The molecule has 9 nitrogen and oxygen atoms in total. The van der Waals surface area contributed by atoms with E-state index in [9.17, 15) is 25.9 Å². The van der Waals surface area contributed by atoms with Gasteiger partial charge in [0.05, 0.1) is 16.0 Å². The Kier molecular flexibility index (Phi) is 6.73. The zero-order valence-electron chi connectivity index (χ0n) is 13.5. The minimum absolute atomic E-state index is 0.0641. The zero-order chi connectivity index (χ0) is 20.1. The van der Waals surface area contributed by atoms with E-state index in [-0.39, 0.29) is 10.7 Å². The molecule has 0 aliphatic rings. The molecule has 0 aliphatic carbocycles. The van der Waals surface area contributed by atoms with Gasteiger partial charge in [-0.15, -0.1) is 5.10 Å². The van der Waals surface area contributed by atoms with Crippen molar-refractivity contribution in [3.63, 3.8) is 0 Å². The lowest BCUT2D eigenvalue weighted by Gasteiger charge is -2.13. The number of hydrogen-bond acceptors (Lipinski definition) is 9. The van der Waals surface area contributed by atoms with Crippen molar-refractivity contribution in [1.29, 1.82) is 0 Å². The molecule has 0 radical (unpaired) electrons. The smallest absolute Gasteiger partial charge is 0.180 e. The Labute approximate surface area is 160 Å². The number of thioether (sulfide) groups is 1.